The van der Waals surface area contributed by atoms with E-state index in [-0.39, 0.29) is 11.8 Å². The van der Waals surface area contributed by atoms with E-state index >= 15 is 0 Å². The fourth-order valence-corrected chi connectivity index (χ4v) is 11.4. The lowest BCUT2D eigenvalue weighted by Gasteiger charge is -2.24. The highest BCUT2D eigenvalue weighted by Crippen LogP contribution is 2.41. The second kappa shape index (κ2) is 19.7. The highest BCUT2D eigenvalue weighted by Gasteiger charge is 2.22. The third-order valence-electron chi connectivity index (χ3n) is 15.3. The maximum absolute atomic E-state index is 3.61. The minimum atomic E-state index is 0.0253. The van der Waals surface area contributed by atoms with Gasteiger partial charge in [-0.05, 0) is 170 Å². The molecule has 0 radical (unpaired) electrons. The van der Waals surface area contributed by atoms with Crippen LogP contribution in [0.2, 0.25) is 0 Å². The summed E-state index contributed by atoms with van der Waals surface area (Å²) in [5, 5.41) is 12.4. The second-order valence-electron chi connectivity index (χ2n) is 19.9. The van der Waals surface area contributed by atoms with Gasteiger partial charge in [-0.15, -0.1) is 0 Å². The van der Waals surface area contributed by atoms with E-state index < -0.39 is 0 Å². The van der Waals surface area contributed by atoms with Crippen molar-refractivity contribution >= 4 is 77.7 Å². The van der Waals surface area contributed by atoms with Crippen LogP contribution in [0.5, 0.6) is 0 Å². The quantitative estimate of drug-likeness (QED) is 0.107. The van der Waals surface area contributed by atoms with E-state index in [4.69, 9.17) is 0 Å². The molecule has 0 spiro atoms. The van der Waals surface area contributed by atoms with Crippen molar-refractivity contribution in [3.05, 3.63) is 275 Å². The van der Waals surface area contributed by atoms with Crippen molar-refractivity contribution in [3.8, 4) is 0 Å². The first-order valence-electron chi connectivity index (χ1n) is 26.1. The van der Waals surface area contributed by atoms with E-state index in [0.717, 1.165) is 47.2 Å². The van der Waals surface area contributed by atoms with Crippen molar-refractivity contribution < 1.29 is 0 Å². The van der Waals surface area contributed by atoms with Crippen LogP contribution in [0.25, 0.3) is 43.6 Å². The van der Waals surface area contributed by atoms with Gasteiger partial charge < -0.3 is 24.7 Å². The van der Waals surface area contributed by atoms with E-state index in [0.29, 0.717) is 0 Å². The molecule has 2 unspecified atom stereocenters. The lowest BCUT2D eigenvalue weighted by molar-refractivity contribution is 0.827. The molecule has 74 heavy (non-hydrogen) atoms. The predicted molar refractivity (Wildman–Crippen MR) is 315 cm³/mol. The van der Waals surface area contributed by atoms with Gasteiger partial charge in [0.2, 0.25) is 0 Å². The molecule has 0 aliphatic rings. The number of fused-ring (bicyclic) bond motifs is 6. The van der Waals surface area contributed by atoms with Crippen molar-refractivity contribution in [2.45, 2.75) is 52.6 Å². The van der Waals surface area contributed by atoms with Crippen LogP contribution in [-0.4, -0.2) is 16.2 Å². The zero-order valence-electron chi connectivity index (χ0n) is 42.8. The molecule has 0 bridgehead atoms. The summed E-state index contributed by atoms with van der Waals surface area (Å²) in [7, 11) is 2.17. The van der Waals surface area contributed by atoms with Gasteiger partial charge in [-0.25, -0.2) is 0 Å². The minimum Gasteiger partial charge on any atom is -0.356 e. The number of benzene rings is 10. The summed E-state index contributed by atoms with van der Waals surface area (Å²) in [5.74, 6) is 0.0506. The number of hydrogen-bond acceptors (Lipinski definition) is 3. The third-order valence-corrected chi connectivity index (χ3v) is 15.3. The lowest BCUT2D eigenvalue weighted by atomic mass is 9.84. The average Bonchev–Trinajstić information content (AvgIpc) is 3.95. The fourth-order valence-electron chi connectivity index (χ4n) is 11.4. The molecule has 0 amide bonds. The summed E-state index contributed by atoms with van der Waals surface area (Å²) < 4.78 is 4.86. The van der Waals surface area contributed by atoms with Gasteiger partial charge in [0.1, 0.15) is 0 Å². The van der Waals surface area contributed by atoms with Gasteiger partial charge in [-0.1, -0.05) is 132 Å². The molecule has 0 saturated heterocycles. The first-order valence-corrected chi connectivity index (χ1v) is 26.1. The van der Waals surface area contributed by atoms with Crippen LogP contribution in [-0.2, 0) is 13.1 Å². The Morgan fingerprint density at radius 3 is 0.986 bits per heavy atom. The Balaban J connectivity index is 0.870. The number of rotatable bonds is 14. The second-order valence-corrected chi connectivity index (χ2v) is 19.9. The summed E-state index contributed by atoms with van der Waals surface area (Å²) in [6.07, 6.45) is 0. The Hall–Kier alpha value is -8.80. The van der Waals surface area contributed by atoms with Crippen LogP contribution in [0.1, 0.15) is 70.2 Å². The van der Waals surface area contributed by atoms with Gasteiger partial charge in [0.15, 0.2) is 0 Å². The standard InChI is InChI=1S/C69H61N5/c1-6-73-64-14-10-8-12-60(64)62-44-52(28-42-66(62)73)68(48-20-34-56(35-21-48)70-54-30-16-46(3)17-31-54)50-24-38-58(39-25-50)72(5)59-40-26-51(27-41-59)69(49-22-36-57(37-23-49)71-55-32-18-47(4)19-33-55)53-29-43-67-63(45-53)61-13-9-11-15-65(61)74(67)7-2/h8-45,68-71H,6-7H2,1-5H3. The average molecular weight is 960 g/mol. The van der Waals surface area contributed by atoms with Crippen LogP contribution in [0.4, 0.5) is 34.1 Å². The molecule has 2 atom stereocenters. The van der Waals surface area contributed by atoms with Crippen LogP contribution in [0.15, 0.2) is 231 Å². The first kappa shape index (κ1) is 46.3. The molecule has 0 fully saturated rings. The molecule has 10 aromatic carbocycles. The molecule has 12 rings (SSSR count). The van der Waals surface area contributed by atoms with Crippen LogP contribution in [0, 0.1) is 13.8 Å². The Labute approximate surface area is 435 Å². The minimum absolute atomic E-state index is 0.0253. The Morgan fingerprint density at radius 1 is 0.338 bits per heavy atom. The smallest absolute Gasteiger partial charge is 0.0491 e. The molecular formula is C69H61N5. The maximum Gasteiger partial charge on any atom is 0.0491 e. The van der Waals surface area contributed by atoms with E-state index in [1.807, 2.05) is 0 Å². The van der Waals surface area contributed by atoms with Gasteiger partial charge in [0, 0.05) is 110 Å². The largest absolute Gasteiger partial charge is 0.356 e. The molecule has 2 aromatic heterocycles. The summed E-state index contributed by atoms with van der Waals surface area (Å²) in [5.41, 5.74) is 21.7. The molecule has 2 heterocycles. The number of para-hydroxylation sites is 2. The van der Waals surface area contributed by atoms with Crippen molar-refractivity contribution in [1.29, 1.82) is 0 Å². The summed E-state index contributed by atoms with van der Waals surface area (Å²) >= 11 is 0. The van der Waals surface area contributed by atoms with E-state index in [1.165, 1.54) is 88.1 Å². The van der Waals surface area contributed by atoms with Crippen molar-refractivity contribution in [2.75, 3.05) is 22.6 Å². The fraction of sp³-hybridized carbons (Fsp3) is 0.130. The number of nitrogens with zero attached hydrogens (tertiary/aromatic N) is 3. The molecule has 0 aliphatic carbocycles. The third kappa shape index (κ3) is 8.75. The number of anilines is 6. The number of aryl methyl sites for hydroxylation is 4. The summed E-state index contributed by atoms with van der Waals surface area (Å²) in [6.45, 7) is 10.6. The lowest BCUT2D eigenvalue weighted by Crippen LogP contribution is -2.11. The van der Waals surface area contributed by atoms with E-state index in [2.05, 4.69) is 290 Å². The first-order chi connectivity index (χ1) is 36.3. The zero-order chi connectivity index (χ0) is 50.3. The molecule has 0 saturated carbocycles. The highest BCUT2D eigenvalue weighted by atomic mass is 15.1. The van der Waals surface area contributed by atoms with Crippen LogP contribution in [0.3, 0.4) is 0 Å². The SMILES string of the molecule is CCn1c2ccccc2c2cc(C(c3ccc(Nc4ccc(C)cc4)cc3)c3ccc(N(C)c4ccc(C(c5ccc(Nc6ccc(C)cc6)cc5)c5ccc6c(c5)c5ccccc5n6CC)cc4)cc3)ccc21. The Kier molecular flexibility index (Phi) is 12.3. The normalized spacial score (nSPS) is 12.4. The molecule has 0 aliphatic heterocycles. The monoisotopic (exact) mass is 959 g/mol. The van der Waals surface area contributed by atoms with E-state index in [9.17, 15) is 0 Å². The molecule has 2 N–H and O–H groups in total. The van der Waals surface area contributed by atoms with Crippen molar-refractivity contribution in [2.24, 2.45) is 0 Å². The van der Waals surface area contributed by atoms with Gasteiger partial charge >= 0.3 is 0 Å². The molecular weight excluding hydrogens is 899 g/mol. The summed E-state index contributed by atoms with van der Waals surface area (Å²) in [4.78, 5) is 2.30. The maximum atomic E-state index is 3.61. The topological polar surface area (TPSA) is 37.2 Å². The van der Waals surface area contributed by atoms with Gasteiger partial charge in [-0.2, -0.15) is 0 Å². The Morgan fingerprint density at radius 2 is 0.635 bits per heavy atom. The molecule has 362 valence electrons. The van der Waals surface area contributed by atoms with Crippen LogP contribution < -0.4 is 15.5 Å². The van der Waals surface area contributed by atoms with Gasteiger partial charge in [0.05, 0.1) is 0 Å². The molecule has 5 nitrogen and oxygen atoms in total. The van der Waals surface area contributed by atoms with Gasteiger partial charge in [-0.3, -0.25) is 0 Å². The number of nitrogens with one attached hydrogen (secondary N) is 2. The predicted octanol–water partition coefficient (Wildman–Crippen LogP) is 18.2. The Bertz CT molecular complexity index is 3660. The molecule has 5 heteroatoms. The van der Waals surface area contributed by atoms with Crippen molar-refractivity contribution in [3.63, 3.8) is 0 Å². The summed E-state index contributed by atoms with van der Waals surface area (Å²) in [6, 6.07) is 85.3. The van der Waals surface area contributed by atoms with Crippen molar-refractivity contribution in [1.82, 2.24) is 9.13 Å². The number of hydrogen-bond donors (Lipinski definition) is 2. The highest BCUT2D eigenvalue weighted by molar-refractivity contribution is 6.09. The van der Waals surface area contributed by atoms with Crippen LogP contribution >= 0.6 is 0 Å². The molecule has 12 aromatic rings. The zero-order valence-corrected chi connectivity index (χ0v) is 42.8. The number of aromatic nitrogens is 2. The van der Waals surface area contributed by atoms with Gasteiger partial charge in [0.25, 0.3) is 0 Å². The van der Waals surface area contributed by atoms with E-state index in [1.54, 1.807) is 0 Å².